The van der Waals surface area contributed by atoms with Crippen LogP contribution in [0, 0.1) is 0 Å². The molecule has 1 aromatic carbocycles. The van der Waals surface area contributed by atoms with Crippen molar-refractivity contribution in [3.63, 3.8) is 0 Å². The van der Waals surface area contributed by atoms with Gasteiger partial charge in [0.25, 0.3) is 0 Å². The van der Waals surface area contributed by atoms with Crippen molar-refractivity contribution < 1.29 is 19.7 Å². The summed E-state index contributed by atoms with van der Waals surface area (Å²) in [6, 6.07) is 8.74. The number of halogens is 1. The molecule has 2 heterocycles. The van der Waals surface area contributed by atoms with Crippen LogP contribution in [0.4, 0.5) is 5.82 Å². The molecule has 0 saturated carbocycles. The summed E-state index contributed by atoms with van der Waals surface area (Å²) in [6.07, 6.45) is 2.92. The number of ether oxygens (including phenoxy) is 1. The number of anilines is 1. The Labute approximate surface area is 160 Å². The summed E-state index contributed by atoms with van der Waals surface area (Å²) in [4.78, 5) is 19.9. The number of rotatable bonds is 7. The molecule has 8 nitrogen and oxygen atoms in total. The van der Waals surface area contributed by atoms with Crippen LogP contribution in [-0.2, 0) is 13.2 Å². The van der Waals surface area contributed by atoms with Crippen LogP contribution in [-0.4, -0.2) is 37.8 Å². The molecule has 0 saturated heterocycles. The van der Waals surface area contributed by atoms with Gasteiger partial charge in [-0.15, -0.1) is 0 Å². The number of carbonyl (C=O) groups is 1. The van der Waals surface area contributed by atoms with Gasteiger partial charge in [-0.2, -0.15) is 4.98 Å². The number of hydrogen-bond acceptors (Lipinski definition) is 6. The molecule has 0 aliphatic heterocycles. The number of aliphatic hydroxyl groups excluding tert-OH is 1. The van der Waals surface area contributed by atoms with E-state index < -0.39 is 5.97 Å². The average Bonchev–Trinajstić information content (AvgIpc) is 3.15. The number of methoxy groups -OCH3 is 1. The van der Waals surface area contributed by atoms with Gasteiger partial charge in [0, 0.05) is 18.9 Å². The van der Waals surface area contributed by atoms with Gasteiger partial charge < -0.3 is 20.3 Å². The Morgan fingerprint density at radius 2 is 2.19 bits per heavy atom. The smallest absolute Gasteiger partial charge is 0.341 e. The Morgan fingerprint density at radius 1 is 1.37 bits per heavy atom. The average molecular weight is 389 g/mol. The molecule has 9 heteroatoms. The Morgan fingerprint density at radius 3 is 2.85 bits per heavy atom. The number of benzene rings is 1. The van der Waals surface area contributed by atoms with Gasteiger partial charge in [0.1, 0.15) is 17.1 Å². The van der Waals surface area contributed by atoms with Gasteiger partial charge in [0.2, 0.25) is 5.95 Å². The number of aromatic nitrogens is 3. The number of carboxylic acids is 1. The van der Waals surface area contributed by atoms with Crippen LogP contribution in [0.2, 0.25) is 5.02 Å². The van der Waals surface area contributed by atoms with Crippen molar-refractivity contribution in [1.82, 2.24) is 14.5 Å². The van der Waals surface area contributed by atoms with Gasteiger partial charge in [-0.25, -0.2) is 9.78 Å². The molecular weight excluding hydrogens is 372 g/mol. The molecule has 3 N–H and O–H groups in total. The zero-order valence-electron chi connectivity index (χ0n) is 14.4. The highest BCUT2D eigenvalue weighted by Crippen LogP contribution is 2.25. The van der Waals surface area contributed by atoms with Crippen molar-refractivity contribution in [3.8, 4) is 11.7 Å². The zero-order chi connectivity index (χ0) is 19.4. The summed E-state index contributed by atoms with van der Waals surface area (Å²) < 4.78 is 6.70. The predicted octanol–water partition coefficient (Wildman–Crippen LogP) is 2.73. The van der Waals surface area contributed by atoms with E-state index in [1.54, 1.807) is 35.0 Å². The lowest BCUT2D eigenvalue weighted by Gasteiger charge is -2.12. The van der Waals surface area contributed by atoms with Gasteiger partial charge in [-0.1, -0.05) is 17.7 Å². The van der Waals surface area contributed by atoms with Crippen LogP contribution in [0.15, 0.2) is 42.7 Å². The van der Waals surface area contributed by atoms with E-state index in [2.05, 4.69) is 15.3 Å². The third-order valence-electron chi connectivity index (χ3n) is 3.89. The molecule has 140 valence electrons. The van der Waals surface area contributed by atoms with Gasteiger partial charge in [0.05, 0.1) is 24.4 Å². The van der Waals surface area contributed by atoms with E-state index in [-0.39, 0.29) is 23.9 Å². The van der Waals surface area contributed by atoms with E-state index >= 15 is 0 Å². The molecule has 0 aliphatic carbocycles. The fourth-order valence-electron chi connectivity index (χ4n) is 2.53. The van der Waals surface area contributed by atoms with E-state index in [4.69, 9.17) is 16.3 Å². The number of hydrogen-bond donors (Lipinski definition) is 3. The lowest BCUT2D eigenvalue weighted by molar-refractivity contribution is 0.0697. The summed E-state index contributed by atoms with van der Waals surface area (Å²) in [5.74, 6) is -0.173. The standard InChI is InChI=1S/C18H17ClN4O4/c1-27-15-5-4-11(7-14(15)19)8-20-16-13(17(25)26)9-21-18(22-16)23-6-2-3-12(23)10-24/h2-7,9,24H,8,10H2,1H3,(H,25,26)(H,20,21,22). The normalized spacial score (nSPS) is 10.6. The SMILES string of the molecule is COc1ccc(CNc2nc(-n3cccc3CO)ncc2C(=O)O)cc1Cl. The maximum Gasteiger partial charge on any atom is 0.341 e. The third kappa shape index (κ3) is 4.02. The molecule has 0 spiro atoms. The Bertz CT molecular complexity index is 974. The zero-order valence-corrected chi connectivity index (χ0v) is 15.1. The summed E-state index contributed by atoms with van der Waals surface area (Å²) in [5.41, 5.74) is 1.36. The van der Waals surface area contributed by atoms with E-state index in [0.717, 1.165) is 5.56 Å². The van der Waals surface area contributed by atoms with Crippen LogP contribution < -0.4 is 10.1 Å². The first-order valence-corrected chi connectivity index (χ1v) is 8.35. The second-order valence-corrected chi connectivity index (χ2v) is 5.99. The minimum absolute atomic E-state index is 0.0592. The molecule has 0 amide bonds. The van der Waals surface area contributed by atoms with Crippen LogP contribution in [0.5, 0.6) is 5.75 Å². The summed E-state index contributed by atoms with van der Waals surface area (Å²) in [5, 5.41) is 22.3. The van der Waals surface area contributed by atoms with Crippen molar-refractivity contribution in [2.75, 3.05) is 12.4 Å². The lowest BCUT2D eigenvalue weighted by Crippen LogP contribution is -2.13. The minimum atomic E-state index is -1.15. The predicted molar refractivity (Wildman–Crippen MR) is 99.6 cm³/mol. The molecule has 2 aromatic heterocycles. The summed E-state index contributed by atoms with van der Waals surface area (Å²) >= 11 is 6.12. The topological polar surface area (TPSA) is 110 Å². The van der Waals surface area contributed by atoms with Gasteiger partial charge in [-0.3, -0.25) is 4.57 Å². The Hall–Kier alpha value is -3.10. The Kier molecular flexibility index (Phi) is 5.58. The van der Waals surface area contributed by atoms with Crippen LogP contribution >= 0.6 is 11.6 Å². The maximum atomic E-state index is 11.5. The fourth-order valence-corrected chi connectivity index (χ4v) is 2.81. The Balaban J connectivity index is 1.89. The summed E-state index contributed by atoms with van der Waals surface area (Å²) in [7, 11) is 1.53. The van der Waals surface area contributed by atoms with Crippen LogP contribution in [0.3, 0.4) is 0 Å². The molecule has 0 radical (unpaired) electrons. The fraction of sp³-hybridized carbons (Fsp3) is 0.167. The largest absolute Gasteiger partial charge is 0.495 e. The van der Waals surface area contributed by atoms with Crippen LogP contribution in [0.1, 0.15) is 21.6 Å². The highest BCUT2D eigenvalue weighted by Gasteiger charge is 2.15. The first-order chi connectivity index (χ1) is 13.0. The van der Waals surface area contributed by atoms with E-state index in [9.17, 15) is 15.0 Å². The number of aliphatic hydroxyl groups is 1. The molecule has 27 heavy (non-hydrogen) atoms. The highest BCUT2D eigenvalue weighted by atomic mass is 35.5. The molecule has 3 aromatic rings. The van der Waals surface area contributed by atoms with Gasteiger partial charge in [0.15, 0.2) is 0 Å². The minimum Gasteiger partial charge on any atom is -0.495 e. The van der Waals surface area contributed by atoms with Crippen molar-refractivity contribution in [1.29, 1.82) is 0 Å². The summed E-state index contributed by atoms with van der Waals surface area (Å²) in [6.45, 7) is 0.114. The van der Waals surface area contributed by atoms with E-state index in [1.807, 2.05) is 6.07 Å². The third-order valence-corrected chi connectivity index (χ3v) is 4.19. The maximum absolute atomic E-state index is 11.5. The first-order valence-electron chi connectivity index (χ1n) is 7.97. The van der Waals surface area contributed by atoms with Crippen molar-refractivity contribution in [2.45, 2.75) is 13.2 Å². The molecular formula is C18H17ClN4O4. The van der Waals surface area contributed by atoms with E-state index in [0.29, 0.717) is 23.0 Å². The lowest BCUT2D eigenvalue weighted by atomic mass is 10.2. The van der Waals surface area contributed by atoms with E-state index in [1.165, 1.54) is 13.3 Å². The molecule has 3 rings (SSSR count). The number of carboxylic acid groups (broad SMARTS) is 1. The molecule has 0 aliphatic rings. The first kappa shape index (κ1) is 18.7. The number of nitrogens with zero attached hydrogens (tertiary/aromatic N) is 3. The molecule has 0 unspecified atom stereocenters. The van der Waals surface area contributed by atoms with Crippen molar-refractivity contribution in [2.24, 2.45) is 0 Å². The molecule has 0 bridgehead atoms. The second-order valence-electron chi connectivity index (χ2n) is 5.59. The molecule has 0 atom stereocenters. The van der Waals surface area contributed by atoms with Crippen molar-refractivity contribution in [3.05, 3.63) is 64.6 Å². The number of aromatic carboxylic acids is 1. The number of nitrogens with one attached hydrogen (secondary N) is 1. The van der Waals surface area contributed by atoms with Crippen LogP contribution in [0.25, 0.3) is 5.95 Å². The van der Waals surface area contributed by atoms with Gasteiger partial charge >= 0.3 is 5.97 Å². The highest BCUT2D eigenvalue weighted by molar-refractivity contribution is 6.32. The van der Waals surface area contributed by atoms with Crippen molar-refractivity contribution >= 4 is 23.4 Å². The second kappa shape index (κ2) is 8.07. The van der Waals surface area contributed by atoms with Gasteiger partial charge in [-0.05, 0) is 29.8 Å². The monoisotopic (exact) mass is 388 g/mol. The molecule has 0 fully saturated rings. The quantitative estimate of drug-likeness (QED) is 0.570.